The van der Waals surface area contributed by atoms with Crippen molar-refractivity contribution in [2.24, 2.45) is 0 Å². The van der Waals surface area contributed by atoms with Gasteiger partial charge in [-0.1, -0.05) is 6.92 Å². The van der Waals surface area contributed by atoms with Crippen molar-refractivity contribution in [1.82, 2.24) is 8.81 Å². The van der Waals surface area contributed by atoms with Crippen LogP contribution in [0.5, 0.6) is 0 Å². The highest BCUT2D eigenvalue weighted by Crippen LogP contribution is 2.07. The van der Waals surface area contributed by atoms with Gasteiger partial charge in [0.15, 0.2) is 5.69 Å². The molecule has 0 fully saturated rings. The topological polar surface area (TPSA) is 55.1 Å². The van der Waals surface area contributed by atoms with E-state index in [2.05, 4.69) is 21.2 Å². The van der Waals surface area contributed by atoms with Gasteiger partial charge in [0.1, 0.15) is 0 Å². The fourth-order valence-electron chi connectivity index (χ4n) is 0.720. The number of rotatable bonds is 2. The van der Waals surface area contributed by atoms with Gasteiger partial charge in [-0.25, -0.2) is 4.79 Å². The third-order valence-corrected chi connectivity index (χ3v) is 1.84. The maximum Gasteiger partial charge on any atom is 0.355 e. The Hall–Kier alpha value is -0.840. The molecule has 0 spiro atoms. The van der Waals surface area contributed by atoms with Crippen molar-refractivity contribution in [2.75, 3.05) is 0 Å². The van der Waals surface area contributed by atoms with E-state index >= 15 is 0 Å². The number of aromatic nitrogens is 2. The molecule has 1 aromatic heterocycles. The molecule has 0 bridgehead atoms. The van der Waals surface area contributed by atoms with Crippen molar-refractivity contribution in [3.05, 3.63) is 17.5 Å². The first-order valence-electron chi connectivity index (χ1n) is 3.13. The smallest absolute Gasteiger partial charge is 0.355 e. The van der Waals surface area contributed by atoms with Crippen molar-refractivity contribution in [2.45, 2.75) is 13.3 Å². The number of halogens is 1. The van der Waals surface area contributed by atoms with Crippen LogP contribution in [0, 0.1) is 0 Å². The number of carboxylic acid groups (broad SMARTS) is 1. The Labute approximate surface area is 72.2 Å². The summed E-state index contributed by atoms with van der Waals surface area (Å²) in [6.45, 7) is 1.92. The molecule has 1 aromatic rings. The summed E-state index contributed by atoms with van der Waals surface area (Å²) in [4.78, 5) is 10.5. The van der Waals surface area contributed by atoms with Gasteiger partial charge in [0.25, 0.3) is 0 Å². The normalized spacial score (nSPS) is 10.0. The predicted octanol–water partition coefficient (Wildman–Crippen LogP) is 1.30. The fraction of sp³-hybridized carbons (Fsp3) is 0.333. The van der Waals surface area contributed by atoms with Gasteiger partial charge >= 0.3 is 5.97 Å². The molecule has 4 nitrogen and oxygen atoms in total. The van der Waals surface area contributed by atoms with Crippen LogP contribution >= 0.6 is 16.1 Å². The number of carbonyl (C=O) groups is 1. The van der Waals surface area contributed by atoms with Crippen molar-refractivity contribution < 1.29 is 9.90 Å². The predicted molar refractivity (Wildman–Crippen MR) is 42.9 cm³/mol. The lowest BCUT2D eigenvalue weighted by molar-refractivity contribution is 0.0689. The largest absolute Gasteiger partial charge is 0.476 e. The van der Waals surface area contributed by atoms with Crippen LogP contribution in [0.15, 0.2) is 6.07 Å². The van der Waals surface area contributed by atoms with E-state index in [9.17, 15) is 4.79 Å². The van der Waals surface area contributed by atoms with Crippen LogP contribution in [0.25, 0.3) is 0 Å². The van der Waals surface area contributed by atoms with Gasteiger partial charge in [-0.15, -0.1) is 0 Å². The molecule has 11 heavy (non-hydrogen) atoms. The lowest BCUT2D eigenvalue weighted by Crippen LogP contribution is -2.00. The van der Waals surface area contributed by atoms with E-state index in [0.29, 0.717) is 0 Å². The highest BCUT2D eigenvalue weighted by atomic mass is 79.9. The highest BCUT2D eigenvalue weighted by molar-refractivity contribution is 9.08. The van der Waals surface area contributed by atoms with Gasteiger partial charge in [0, 0.05) is 0 Å². The molecular weight excluding hydrogens is 212 g/mol. The second-order valence-electron chi connectivity index (χ2n) is 2.04. The van der Waals surface area contributed by atoms with Gasteiger partial charge < -0.3 is 5.11 Å². The first-order chi connectivity index (χ1) is 5.15. The van der Waals surface area contributed by atoms with Gasteiger partial charge in [-0.2, -0.15) is 8.81 Å². The fourth-order valence-corrected chi connectivity index (χ4v) is 1.18. The number of hydrogen-bond donors (Lipinski definition) is 1. The van der Waals surface area contributed by atoms with Gasteiger partial charge in [-0.05, 0) is 12.5 Å². The minimum atomic E-state index is -0.978. The first-order valence-corrected chi connectivity index (χ1v) is 3.84. The van der Waals surface area contributed by atoms with Crippen LogP contribution in [0.1, 0.15) is 23.1 Å². The van der Waals surface area contributed by atoms with Crippen molar-refractivity contribution in [1.29, 1.82) is 0 Å². The maximum atomic E-state index is 10.5. The van der Waals surface area contributed by atoms with Crippen LogP contribution in [0.3, 0.4) is 0 Å². The summed E-state index contributed by atoms with van der Waals surface area (Å²) < 4.78 is 1.19. The Bertz CT molecular complexity index is 282. The number of nitrogens with zero attached hydrogens (tertiary/aromatic N) is 2. The summed E-state index contributed by atoms with van der Waals surface area (Å²) in [5, 5.41) is 12.5. The molecule has 0 atom stereocenters. The average molecular weight is 219 g/mol. The Morgan fingerprint density at radius 3 is 2.82 bits per heavy atom. The van der Waals surface area contributed by atoms with E-state index in [1.54, 1.807) is 0 Å². The third kappa shape index (κ3) is 1.59. The van der Waals surface area contributed by atoms with E-state index in [1.807, 2.05) is 6.92 Å². The Kier molecular flexibility index (Phi) is 2.28. The molecule has 0 unspecified atom stereocenters. The third-order valence-electron chi connectivity index (χ3n) is 1.30. The van der Waals surface area contributed by atoms with Gasteiger partial charge in [-0.3, -0.25) is 0 Å². The average Bonchev–Trinajstić information content (AvgIpc) is 2.30. The number of hydrogen-bond acceptors (Lipinski definition) is 2. The summed E-state index contributed by atoms with van der Waals surface area (Å²) in [6.07, 6.45) is 0.735. The maximum absolute atomic E-state index is 10.5. The lowest BCUT2D eigenvalue weighted by atomic mass is 10.3. The molecule has 1 heterocycles. The molecule has 1 N–H and O–H groups in total. The van der Waals surface area contributed by atoms with Crippen LogP contribution < -0.4 is 0 Å². The van der Waals surface area contributed by atoms with E-state index in [0.717, 1.165) is 12.1 Å². The Morgan fingerprint density at radius 1 is 1.91 bits per heavy atom. The molecule has 0 aromatic carbocycles. The summed E-state index contributed by atoms with van der Waals surface area (Å²) in [7, 11) is 0. The SMILES string of the molecule is CCc1cc(C(=O)O)n(Br)n1. The molecule has 0 aliphatic carbocycles. The van der Waals surface area contributed by atoms with Gasteiger partial charge in [0.2, 0.25) is 0 Å². The second kappa shape index (κ2) is 3.04. The standard InChI is InChI=1S/C6H7BrN2O2/c1-2-4-3-5(6(10)11)9(7)8-4/h3H,2H2,1H3,(H,10,11). The number of aromatic carboxylic acids is 1. The Balaban J connectivity index is 3.07. The number of aryl methyl sites for hydroxylation is 1. The molecule has 0 amide bonds. The first kappa shape index (κ1) is 8.26. The van der Waals surface area contributed by atoms with Crippen molar-refractivity contribution in [3.8, 4) is 0 Å². The van der Waals surface area contributed by atoms with Crippen LogP contribution in [0.4, 0.5) is 0 Å². The minimum Gasteiger partial charge on any atom is -0.476 e. The van der Waals surface area contributed by atoms with E-state index < -0.39 is 5.97 Å². The summed E-state index contributed by atoms with van der Waals surface area (Å²) >= 11 is 2.98. The summed E-state index contributed by atoms with van der Waals surface area (Å²) in [5.41, 5.74) is 0.918. The second-order valence-corrected chi connectivity index (χ2v) is 2.71. The molecule has 0 saturated carbocycles. The van der Waals surface area contributed by atoms with Crippen LogP contribution in [0.2, 0.25) is 0 Å². The van der Waals surface area contributed by atoms with E-state index in [4.69, 9.17) is 5.11 Å². The molecule has 60 valence electrons. The van der Waals surface area contributed by atoms with Crippen LogP contribution in [-0.2, 0) is 6.42 Å². The zero-order valence-corrected chi connectivity index (χ0v) is 7.50. The molecule has 0 saturated heterocycles. The van der Waals surface area contributed by atoms with E-state index in [1.165, 1.54) is 9.77 Å². The highest BCUT2D eigenvalue weighted by Gasteiger charge is 2.10. The quantitative estimate of drug-likeness (QED) is 0.815. The van der Waals surface area contributed by atoms with Crippen molar-refractivity contribution >= 4 is 22.1 Å². The summed E-state index contributed by atoms with van der Waals surface area (Å²) in [6, 6.07) is 1.54. The summed E-state index contributed by atoms with van der Waals surface area (Å²) in [5.74, 6) is -0.978. The zero-order chi connectivity index (χ0) is 8.43. The van der Waals surface area contributed by atoms with Gasteiger partial charge in [0.05, 0.1) is 21.8 Å². The molecule has 0 aliphatic rings. The molecular formula is C6H7BrN2O2. The van der Waals surface area contributed by atoms with Crippen molar-refractivity contribution in [3.63, 3.8) is 0 Å². The zero-order valence-electron chi connectivity index (χ0n) is 5.91. The minimum absolute atomic E-state index is 0.154. The number of carboxylic acids is 1. The molecule has 1 rings (SSSR count). The molecule has 5 heteroatoms. The lowest BCUT2D eigenvalue weighted by Gasteiger charge is -1.88. The van der Waals surface area contributed by atoms with E-state index in [-0.39, 0.29) is 5.69 Å². The van der Waals surface area contributed by atoms with Crippen LogP contribution in [-0.4, -0.2) is 19.9 Å². The monoisotopic (exact) mass is 218 g/mol. The molecule has 0 aliphatic heterocycles. The Morgan fingerprint density at radius 2 is 2.55 bits per heavy atom. The molecule has 0 radical (unpaired) electrons.